The third-order valence-electron chi connectivity index (χ3n) is 7.03. The van der Waals surface area contributed by atoms with Crippen LogP contribution in [0.2, 0.25) is 0 Å². The Hall–Kier alpha value is -3.29. The molecule has 2 aliphatic carbocycles. The predicted octanol–water partition coefficient (Wildman–Crippen LogP) is 4.76. The Kier molecular flexibility index (Phi) is 3.86. The van der Waals surface area contributed by atoms with E-state index in [0.29, 0.717) is 23.4 Å². The highest BCUT2D eigenvalue weighted by Gasteiger charge is 2.41. The Labute approximate surface area is 182 Å². The Morgan fingerprint density at radius 1 is 1.19 bits per heavy atom. The van der Waals surface area contributed by atoms with Gasteiger partial charge in [0.2, 0.25) is 0 Å². The normalized spacial score (nSPS) is 19.2. The van der Waals surface area contributed by atoms with Crippen molar-refractivity contribution in [2.75, 3.05) is 5.32 Å². The number of nitrogens with zero attached hydrogens (tertiary/aromatic N) is 4. The van der Waals surface area contributed by atoms with Crippen LogP contribution < -0.4 is 10.9 Å². The summed E-state index contributed by atoms with van der Waals surface area (Å²) in [6, 6.07) is 8.28. The molecule has 1 unspecified atom stereocenters. The first kappa shape index (κ1) is 19.4. The van der Waals surface area contributed by atoms with Crippen LogP contribution in [0.1, 0.15) is 55.8 Å². The van der Waals surface area contributed by atoms with Crippen molar-refractivity contribution >= 4 is 22.4 Å². The van der Waals surface area contributed by atoms with Gasteiger partial charge in [0, 0.05) is 35.9 Å². The van der Waals surface area contributed by atoms with Crippen molar-refractivity contribution in [2.45, 2.75) is 57.0 Å². The lowest BCUT2D eigenvalue weighted by molar-refractivity contribution is -0.00184. The van der Waals surface area contributed by atoms with Crippen LogP contribution in [0, 0.1) is 0 Å². The Balaban J connectivity index is 1.49. The summed E-state index contributed by atoms with van der Waals surface area (Å²) in [7, 11) is 0. The van der Waals surface area contributed by atoms with Crippen molar-refractivity contribution in [1.82, 2.24) is 19.2 Å². The fraction of sp³-hybridized carbons (Fsp3) is 0.375. The molecule has 1 fully saturated rings. The molecule has 8 heteroatoms. The van der Waals surface area contributed by atoms with Crippen molar-refractivity contribution in [3.63, 3.8) is 0 Å². The number of halogens is 2. The van der Waals surface area contributed by atoms with Crippen molar-refractivity contribution in [2.24, 2.45) is 0 Å². The van der Waals surface area contributed by atoms with Gasteiger partial charge in [-0.15, -0.1) is 0 Å². The maximum atomic E-state index is 14.3. The average molecular weight is 435 g/mol. The summed E-state index contributed by atoms with van der Waals surface area (Å²) >= 11 is 0. The number of pyridine rings is 1. The van der Waals surface area contributed by atoms with Gasteiger partial charge in [-0.3, -0.25) is 4.79 Å². The smallest absolute Gasteiger partial charge is 0.273 e. The molecule has 1 N–H and O–H groups in total. The van der Waals surface area contributed by atoms with Crippen molar-refractivity contribution in [1.29, 1.82) is 0 Å². The van der Waals surface area contributed by atoms with Gasteiger partial charge in [-0.2, -0.15) is 5.10 Å². The fourth-order valence-corrected chi connectivity index (χ4v) is 4.91. The number of alkyl halides is 2. The van der Waals surface area contributed by atoms with Crippen LogP contribution in [-0.4, -0.2) is 19.2 Å². The van der Waals surface area contributed by atoms with E-state index >= 15 is 0 Å². The summed E-state index contributed by atoms with van der Waals surface area (Å²) < 4.78 is 32.0. The van der Waals surface area contributed by atoms with E-state index in [0.717, 1.165) is 29.4 Å². The summed E-state index contributed by atoms with van der Waals surface area (Å²) in [6.07, 6.45) is 5.63. The largest absolute Gasteiger partial charge is 0.363 e. The van der Waals surface area contributed by atoms with E-state index in [1.165, 1.54) is 6.07 Å². The highest BCUT2D eigenvalue weighted by Crippen LogP contribution is 2.45. The second-order valence-electron chi connectivity index (χ2n) is 9.28. The molecule has 3 heterocycles. The first-order chi connectivity index (χ1) is 15.3. The Morgan fingerprint density at radius 2 is 2.00 bits per heavy atom. The van der Waals surface area contributed by atoms with Crippen molar-refractivity contribution in [3.05, 3.63) is 69.8 Å². The summed E-state index contributed by atoms with van der Waals surface area (Å²) in [5.41, 5.74) is 2.75. The number of fused-ring (bicyclic) bond motifs is 4. The van der Waals surface area contributed by atoms with Crippen LogP contribution >= 0.6 is 0 Å². The number of nitrogens with one attached hydrogen (secondary N) is 1. The monoisotopic (exact) mass is 435 g/mol. The standard InChI is InChI=1S/C24H23F2N5O/c1-14(15-4-3-5-18-16(15)6-8-24(18,25)26)28-22-17-13-30(23(2)9-10-23)21(32)12-19(17)31-20(29-22)7-11-27-31/h3-5,7,11-14H,6,8-10H2,1-2H3,(H,28,29). The molecule has 0 radical (unpaired) electrons. The second-order valence-corrected chi connectivity index (χ2v) is 9.28. The number of hydrogen-bond donors (Lipinski definition) is 1. The average Bonchev–Trinajstić information content (AvgIpc) is 3.18. The lowest BCUT2D eigenvalue weighted by Gasteiger charge is -2.21. The lowest BCUT2D eigenvalue weighted by atomic mass is 9.97. The molecule has 1 saturated carbocycles. The zero-order valence-corrected chi connectivity index (χ0v) is 17.9. The summed E-state index contributed by atoms with van der Waals surface area (Å²) in [4.78, 5) is 17.6. The van der Waals surface area contributed by atoms with Crippen LogP contribution in [0.25, 0.3) is 16.6 Å². The van der Waals surface area contributed by atoms with Crippen LogP contribution in [0.3, 0.4) is 0 Å². The quantitative estimate of drug-likeness (QED) is 0.502. The van der Waals surface area contributed by atoms with Gasteiger partial charge in [-0.25, -0.2) is 18.3 Å². The van der Waals surface area contributed by atoms with E-state index in [9.17, 15) is 13.6 Å². The van der Waals surface area contributed by atoms with Crippen LogP contribution in [0.5, 0.6) is 0 Å². The minimum atomic E-state index is -2.78. The van der Waals surface area contributed by atoms with Gasteiger partial charge in [-0.1, -0.05) is 18.2 Å². The highest BCUT2D eigenvalue weighted by atomic mass is 19.3. The number of hydrogen-bond acceptors (Lipinski definition) is 4. The lowest BCUT2D eigenvalue weighted by Crippen LogP contribution is -2.27. The van der Waals surface area contributed by atoms with E-state index < -0.39 is 5.92 Å². The molecule has 3 aromatic heterocycles. The Morgan fingerprint density at radius 3 is 2.78 bits per heavy atom. The molecule has 0 saturated heterocycles. The molecule has 0 amide bonds. The minimum Gasteiger partial charge on any atom is -0.363 e. The zero-order valence-electron chi connectivity index (χ0n) is 17.9. The number of rotatable bonds is 4. The zero-order chi connectivity index (χ0) is 22.3. The molecule has 164 valence electrons. The third-order valence-corrected chi connectivity index (χ3v) is 7.03. The third kappa shape index (κ3) is 2.78. The maximum Gasteiger partial charge on any atom is 0.273 e. The topological polar surface area (TPSA) is 64.2 Å². The number of aromatic nitrogens is 4. The first-order valence-electron chi connectivity index (χ1n) is 10.9. The molecule has 0 bridgehead atoms. The van der Waals surface area contributed by atoms with Crippen LogP contribution in [-0.2, 0) is 17.9 Å². The predicted molar refractivity (Wildman–Crippen MR) is 118 cm³/mol. The van der Waals surface area contributed by atoms with Crippen LogP contribution in [0.15, 0.2) is 47.5 Å². The molecule has 0 spiro atoms. The van der Waals surface area contributed by atoms with E-state index in [1.807, 2.05) is 19.2 Å². The van der Waals surface area contributed by atoms with Crippen molar-refractivity contribution < 1.29 is 8.78 Å². The van der Waals surface area contributed by atoms with E-state index in [2.05, 4.69) is 17.3 Å². The Bertz CT molecular complexity index is 1450. The van der Waals surface area contributed by atoms with E-state index in [1.54, 1.807) is 33.5 Å². The SMILES string of the molecule is CC(Nc1nc2ccnn2c2cc(=O)n(C3(C)CC3)cc12)c1cccc2c1CCC2(F)F. The molecular formula is C24H23F2N5O. The number of benzene rings is 1. The van der Waals surface area contributed by atoms with Gasteiger partial charge in [0.1, 0.15) is 5.82 Å². The summed E-state index contributed by atoms with van der Waals surface area (Å²) in [5, 5.41) is 8.55. The van der Waals surface area contributed by atoms with Gasteiger partial charge >= 0.3 is 0 Å². The molecule has 32 heavy (non-hydrogen) atoms. The van der Waals surface area contributed by atoms with Gasteiger partial charge in [0.25, 0.3) is 11.5 Å². The van der Waals surface area contributed by atoms with E-state index in [-0.39, 0.29) is 29.1 Å². The molecule has 2 aliphatic rings. The highest BCUT2D eigenvalue weighted by molar-refractivity contribution is 5.90. The van der Waals surface area contributed by atoms with Gasteiger partial charge in [0.05, 0.1) is 23.1 Å². The summed E-state index contributed by atoms with van der Waals surface area (Å²) in [6.45, 7) is 4.03. The summed E-state index contributed by atoms with van der Waals surface area (Å²) in [5.74, 6) is -2.16. The molecule has 1 aromatic carbocycles. The molecule has 4 aromatic rings. The number of anilines is 1. The molecule has 0 aliphatic heterocycles. The van der Waals surface area contributed by atoms with Crippen LogP contribution in [0.4, 0.5) is 14.6 Å². The molecule has 6 nitrogen and oxygen atoms in total. The first-order valence-corrected chi connectivity index (χ1v) is 10.9. The molecular weight excluding hydrogens is 412 g/mol. The molecule has 1 atom stereocenters. The maximum absolute atomic E-state index is 14.3. The van der Waals surface area contributed by atoms with Gasteiger partial charge in [0.15, 0.2) is 5.65 Å². The van der Waals surface area contributed by atoms with Crippen molar-refractivity contribution in [3.8, 4) is 0 Å². The second kappa shape index (κ2) is 6.37. The fourth-order valence-electron chi connectivity index (χ4n) is 4.91. The molecule has 6 rings (SSSR count). The van der Waals surface area contributed by atoms with E-state index in [4.69, 9.17) is 4.98 Å². The minimum absolute atomic E-state index is 0.0670. The van der Waals surface area contributed by atoms with Gasteiger partial charge < -0.3 is 9.88 Å². The van der Waals surface area contributed by atoms with Gasteiger partial charge in [-0.05, 0) is 44.2 Å².